The molecule has 0 spiro atoms. The quantitative estimate of drug-likeness (QED) is 0.803. The average molecular weight is 233 g/mol. The van der Waals surface area contributed by atoms with Gasteiger partial charge in [-0.15, -0.1) is 0 Å². The molecular weight excluding hydrogens is 222 g/mol. The van der Waals surface area contributed by atoms with Crippen LogP contribution in [0, 0.1) is 0 Å². The third-order valence-corrected chi connectivity index (χ3v) is 4.03. The summed E-state index contributed by atoms with van der Waals surface area (Å²) in [5.74, 6) is 0.0978. The van der Waals surface area contributed by atoms with Crippen molar-refractivity contribution in [1.82, 2.24) is 4.37 Å². The number of nitrogens with one attached hydrogen (secondary N) is 1. The van der Waals surface area contributed by atoms with E-state index in [1.807, 2.05) is 0 Å². The van der Waals surface area contributed by atoms with E-state index in [2.05, 4.69) is 9.69 Å². The summed E-state index contributed by atoms with van der Waals surface area (Å²) in [5, 5.41) is 3.69. The van der Waals surface area contributed by atoms with Crippen molar-refractivity contribution in [1.29, 1.82) is 0 Å². The molecule has 1 fully saturated rings. The number of anilines is 2. The molecule has 5 nitrogen and oxygen atoms in total. The van der Waals surface area contributed by atoms with E-state index in [9.17, 15) is 8.42 Å². The molecule has 0 aliphatic heterocycles. The molecule has 0 radical (unpaired) electrons. The summed E-state index contributed by atoms with van der Waals surface area (Å²) in [4.78, 5) is 0.148. The molecule has 1 aromatic heterocycles. The van der Waals surface area contributed by atoms with Crippen LogP contribution in [-0.4, -0.2) is 25.1 Å². The molecule has 1 aliphatic rings. The number of nitrogens with zero attached hydrogens (tertiary/aromatic N) is 1. The predicted octanol–water partition coefficient (Wildman–Crippen LogP) is 0.703. The van der Waals surface area contributed by atoms with Gasteiger partial charge in [-0.3, -0.25) is 0 Å². The van der Waals surface area contributed by atoms with Crippen LogP contribution in [0.25, 0.3) is 0 Å². The first kappa shape index (κ1) is 9.72. The van der Waals surface area contributed by atoms with Gasteiger partial charge in [0, 0.05) is 12.3 Å². The Balaban J connectivity index is 2.39. The van der Waals surface area contributed by atoms with Crippen LogP contribution in [0.3, 0.4) is 0 Å². The Hall–Kier alpha value is -0.820. The Bertz CT molecular complexity index is 448. The monoisotopic (exact) mass is 233 g/mol. The van der Waals surface area contributed by atoms with E-state index in [4.69, 9.17) is 5.73 Å². The van der Waals surface area contributed by atoms with Gasteiger partial charge >= 0.3 is 0 Å². The van der Waals surface area contributed by atoms with Gasteiger partial charge in [0.15, 0.2) is 15.7 Å². The highest BCUT2D eigenvalue weighted by atomic mass is 32.2. The first-order chi connectivity index (χ1) is 6.48. The van der Waals surface area contributed by atoms with Gasteiger partial charge < -0.3 is 11.1 Å². The van der Waals surface area contributed by atoms with Crippen molar-refractivity contribution in [3.63, 3.8) is 0 Å². The van der Waals surface area contributed by atoms with E-state index >= 15 is 0 Å². The van der Waals surface area contributed by atoms with Crippen molar-refractivity contribution in [3.8, 4) is 0 Å². The standard InChI is InChI=1S/C7H11N3O2S2/c1-14(11,12)5-6(8)10-13-7(5)9-4-2-3-4/h4,9H,2-3H2,1H3,(H2,8,10). The summed E-state index contributed by atoms with van der Waals surface area (Å²) in [7, 11) is -3.28. The maximum atomic E-state index is 11.4. The molecule has 1 saturated carbocycles. The SMILES string of the molecule is CS(=O)(=O)c1c(N)nsc1NC1CC1. The van der Waals surface area contributed by atoms with Crippen molar-refractivity contribution in [3.05, 3.63) is 0 Å². The van der Waals surface area contributed by atoms with E-state index in [0.717, 1.165) is 30.6 Å². The minimum Gasteiger partial charge on any atom is -0.382 e. The summed E-state index contributed by atoms with van der Waals surface area (Å²) in [6.07, 6.45) is 3.31. The highest BCUT2D eigenvalue weighted by Gasteiger charge is 2.27. The number of rotatable bonds is 3. The van der Waals surface area contributed by atoms with Crippen LogP contribution >= 0.6 is 11.5 Å². The third-order valence-electron chi connectivity index (χ3n) is 1.96. The van der Waals surface area contributed by atoms with Crippen LogP contribution in [0.4, 0.5) is 10.8 Å². The topological polar surface area (TPSA) is 85.1 Å². The molecule has 0 aromatic carbocycles. The first-order valence-corrected chi connectivity index (χ1v) is 6.86. The third kappa shape index (κ3) is 1.83. The zero-order valence-corrected chi connectivity index (χ0v) is 9.28. The van der Waals surface area contributed by atoms with Gasteiger partial charge in [-0.05, 0) is 24.4 Å². The van der Waals surface area contributed by atoms with Gasteiger partial charge in [0.1, 0.15) is 9.90 Å². The van der Waals surface area contributed by atoms with Gasteiger partial charge in [-0.25, -0.2) is 8.42 Å². The van der Waals surface area contributed by atoms with Crippen LogP contribution in [0.5, 0.6) is 0 Å². The van der Waals surface area contributed by atoms with E-state index in [-0.39, 0.29) is 10.7 Å². The number of hydrogen-bond acceptors (Lipinski definition) is 6. The zero-order chi connectivity index (χ0) is 10.3. The average Bonchev–Trinajstić information content (AvgIpc) is 2.74. The number of nitrogens with two attached hydrogens (primary N) is 1. The molecule has 0 amide bonds. The lowest BCUT2D eigenvalue weighted by Crippen LogP contribution is -2.06. The van der Waals surface area contributed by atoms with Crippen molar-refractivity contribution in [2.75, 3.05) is 17.3 Å². The fraction of sp³-hybridized carbons (Fsp3) is 0.571. The van der Waals surface area contributed by atoms with E-state index in [1.54, 1.807) is 0 Å². The zero-order valence-electron chi connectivity index (χ0n) is 7.65. The van der Waals surface area contributed by atoms with E-state index in [0.29, 0.717) is 11.0 Å². The molecule has 1 aliphatic carbocycles. The van der Waals surface area contributed by atoms with Gasteiger partial charge in [-0.1, -0.05) is 0 Å². The maximum Gasteiger partial charge on any atom is 0.182 e. The fourth-order valence-electron chi connectivity index (χ4n) is 1.16. The van der Waals surface area contributed by atoms with Crippen LogP contribution in [-0.2, 0) is 9.84 Å². The normalized spacial score (nSPS) is 16.9. The molecule has 2 rings (SSSR count). The van der Waals surface area contributed by atoms with Gasteiger partial charge in [0.05, 0.1) is 0 Å². The molecule has 1 heterocycles. The summed E-state index contributed by atoms with van der Waals surface area (Å²) in [6, 6.07) is 0.398. The number of sulfone groups is 1. The highest BCUT2D eigenvalue weighted by molar-refractivity contribution is 7.91. The number of aromatic nitrogens is 1. The minimum atomic E-state index is -3.28. The van der Waals surface area contributed by atoms with Crippen molar-refractivity contribution >= 4 is 32.2 Å². The van der Waals surface area contributed by atoms with Crippen LogP contribution in [0.15, 0.2) is 4.90 Å². The lowest BCUT2D eigenvalue weighted by atomic mass is 10.6. The summed E-state index contributed by atoms with van der Waals surface area (Å²) in [6.45, 7) is 0. The van der Waals surface area contributed by atoms with Crippen LogP contribution in [0.2, 0.25) is 0 Å². The largest absolute Gasteiger partial charge is 0.382 e. The minimum absolute atomic E-state index is 0.0978. The Kier molecular flexibility index (Phi) is 2.15. The molecule has 0 atom stereocenters. The second kappa shape index (κ2) is 3.09. The number of hydrogen-bond donors (Lipinski definition) is 2. The second-order valence-electron chi connectivity index (χ2n) is 3.42. The van der Waals surface area contributed by atoms with E-state index < -0.39 is 9.84 Å². The van der Waals surface area contributed by atoms with Crippen LogP contribution < -0.4 is 11.1 Å². The lowest BCUT2D eigenvalue weighted by Gasteiger charge is -2.02. The van der Waals surface area contributed by atoms with Crippen molar-refractivity contribution in [2.24, 2.45) is 0 Å². The maximum absolute atomic E-state index is 11.4. The summed E-state index contributed by atoms with van der Waals surface area (Å²) >= 11 is 1.11. The summed E-state index contributed by atoms with van der Waals surface area (Å²) in [5.41, 5.74) is 5.50. The predicted molar refractivity (Wildman–Crippen MR) is 56.3 cm³/mol. The van der Waals surface area contributed by atoms with E-state index in [1.165, 1.54) is 0 Å². The Morgan fingerprint density at radius 3 is 2.71 bits per heavy atom. The molecule has 3 N–H and O–H groups in total. The molecule has 78 valence electrons. The lowest BCUT2D eigenvalue weighted by molar-refractivity contribution is 0.602. The second-order valence-corrected chi connectivity index (χ2v) is 6.14. The highest BCUT2D eigenvalue weighted by Crippen LogP contribution is 2.35. The fourth-order valence-corrected chi connectivity index (χ4v) is 3.29. The van der Waals surface area contributed by atoms with Crippen molar-refractivity contribution < 1.29 is 8.42 Å². The van der Waals surface area contributed by atoms with Crippen molar-refractivity contribution in [2.45, 2.75) is 23.8 Å². The molecule has 0 unspecified atom stereocenters. The van der Waals surface area contributed by atoms with Gasteiger partial charge in [0.2, 0.25) is 0 Å². The molecule has 7 heteroatoms. The summed E-state index contributed by atoms with van der Waals surface area (Å²) < 4.78 is 26.6. The van der Waals surface area contributed by atoms with Gasteiger partial charge in [0.25, 0.3) is 0 Å². The molecule has 14 heavy (non-hydrogen) atoms. The smallest absolute Gasteiger partial charge is 0.182 e. The molecule has 1 aromatic rings. The Morgan fingerprint density at radius 1 is 1.57 bits per heavy atom. The molecular formula is C7H11N3O2S2. The van der Waals surface area contributed by atoms with Crippen LogP contribution in [0.1, 0.15) is 12.8 Å². The Morgan fingerprint density at radius 2 is 2.21 bits per heavy atom. The first-order valence-electron chi connectivity index (χ1n) is 4.20. The number of nitrogen functional groups attached to an aromatic ring is 1. The molecule has 0 bridgehead atoms. The molecule has 0 saturated heterocycles. The Labute approximate surface area is 86.4 Å². The van der Waals surface area contributed by atoms with Gasteiger partial charge in [-0.2, -0.15) is 4.37 Å².